The van der Waals surface area contributed by atoms with E-state index in [0.717, 1.165) is 24.0 Å². The molecule has 1 fully saturated rings. The zero-order chi connectivity index (χ0) is 21.8. The van der Waals surface area contributed by atoms with Crippen molar-refractivity contribution in [3.8, 4) is 0 Å². The van der Waals surface area contributed by atoms with Gasteiger partial charge in [-0.15, -0.1) is 0 Å². The molecular formula is C24H30ClFO2S. The molecule has 5 heteroatoms. The summed E-state index contributed by atoms with van der Waals surface area (Å²) in [7, 11) is -3.20. The molecule has 0 saturated heterocycles. The molecule has 1 spiro atoms. The summed E-state index contributed by atoms with van der Waals surface area (Å²) in [4.78, 5) is 0.322. The molecule has 1 saturated carbocycles. The maximum absolute atomic E-state index is 13.5. The van der Waals surface area contributed by atoms with Crippen molar-refractivity contribution in [2.24, 2.45) is 5.41 Å². The van der Waals surface area contributed by atoms with Crippen LogP contribution in [0.25, 0.3) is 11.1 Å². The summed E-state index contributed by atoms with van der Waals surface area (Å²) in [5.74, 6) is -0.413. The van der Waals surface area contributed by atoms with Crippen LogP contribution in [-0.2, 0) is 9.84 Å². The fraction of sp³-hybridized carbons (Fsp3) is 0.417. The number of allylic oxidation sites excluding steroid dienone is 2. The summed E-state index contributed by atoms with van der Waals surface area (Å²) in [5, 5.41) is 0.133. The fourth-order valence-electron chi connectivity index (χ4n) is 3.70. The van der Waals surface area contributed by atoms with Crippen LogP contribution in [0.5, 0.6) is 0 Å². The van der Waals surface area contributed by atoms with Crippen LogP contribution in [0.15, 0.2) is 47.4 Å². The number of hydrogen-bond donors (Lipinski definition) is 0. The molecule has 0 aromatic heterocycles. The van der Waals surface area contributed by atoms with Crippen LogP contribution in [-0.4, -0.2) is 14.7 Å². The lowest BCUT2D eigenvalue weighted by Gasteiger charge is -2.10. The van der Waals surface area contributed by atoms with E-state index in [4.69, 9.17) is 11.6 Å². The van der Waals surface area contributed by atoms with Crippen LogP contribution in [0, 0.1) is 11.2 Å². The Bertz CT molecular complexity index is 988. The van der Waals surface area contributed by atoms with Crippen LogP contribution in [0.1, 0.15) is 64.5 Å². The third-order valence-electron chi connectivity index (χ3n) is 5.32. The number of sulfone groups is 1. The minimum atomic E-state index is -3.20. The van der Waals surface area contributed by atoms with Gasteiger partial charge in [0.2, 0.25) is 0 Å². The molecule has 0 unspecified atom stereocenters. The molecule has 158 valence electrons. The Morgan fingerprint density at radius 3 is 1.79 bits per heavy atom. The molecule has 0 atom stereocenters. The first-order chi connectivity index (χ1) is 13.8. The molecule has 2 aromatic rings. The third kappa shape index (κ3) is 5.29. The van der Waals surface area contributed by atoms with Gasteiger partial charge in [0.05, 0.1) is 9.92 Å². The molecule has 2 aliphatic carbocycles. The van der Waals surface area contributed by atoms with Gasteiger partial charge in [-0.3, -0.25) is 0 Å². The largest absolute Gasteiger partial charge is 0.224 e. The monoisotopic (exact) mass is 436 g/mol. The van der Waals surface area contributed by atoms with Gasteiger partial charge in [-0.05, 0) is 77.6 Å². The first kappa shape index (κ1) is 23.6. The van der Waals surface area contributed by atoms with E-state index in [0.29, 0.717) is 10.3 Å². The van der Waals surface area contributed by atoms with Gasteiger partial charge in [0, 0.05) is 6.26 Å². The summed E-state index contributed by atoms with van der Waals surface area (Å²) in [6.45, 7) is 8.00. The summed E-state index contributed by atoms with van der Waals surface area (Å²) in [5.41, 5.74) is 4.75. The lowest BCUT2D eigenvalue weighted by Crippen LogP contribution is -1.97. The highest BCUT2D eigenvalue weighted by molar-refractivity contribution is 7.90. The molecular weight excluding hydrogens is 407 g/mol. The molecule has 0 bridgehead atoms. The van der Waals surface area contributed by atoms with E-state index in [9.17, 15) is 12.8 Å². The van der Waals surface area contributed by atoms with Crippen LogP contribution in [0.3, 0.4) is 0 Å². The third-order valence-corrected chi connectivity index (χ3v) is 6.74. The highest BCUT2D eigenvalue weighted by atomic mass is 35.5. The van der Waals surface area contributed by atoms with Crippen molar-refractivity contribution in [3.05, 3.63) is 64.4 Å². The Morgan fingerprint density at radius 1 is 0.862 bits per heavy atom. The van der Waals surface area contributed by atoms with E-state index in [1.807, 2.05) is 39.8 Å². The first-order valence-electron chi connectivity index (χ1n) is 10.3. The minimum Gasteiger partial charge on any atom is -0.224 e. The smallest absolute Gasteiger partial charge is 0.175 e. The number of rotatable bonds is 3. The lowest BCUT2D eigenvalue weighted by molar-refractivity contribution is 0.568. The highest BCUT2D eigenvalue weighted by Crippen LogP contribution is 2.63. The fourth-order valence-corrected chi connectivity index (χ4v) is 4.51. The molecule has 0 N–H and O–H groups in total. The van der Waals surface area contributed by atoms with Crippen molar-refractivity contribution in [1.29, 1.82) is 0 Å². The quantitative estimate of drug-likeness (QED) is 0.501. The lowest BCUT2D eigenvalue weighted by atomic mass is 9.97. The molecule has 0 radical (unpaired) electrons. The van der Waals surface area contributed by atoms with Crippen molar-refractivity contribution in [3.63, 3.8) is 0 Å². The Morgan fingerprint density at radius 2 is 1.34 bits per heavy atom. The SMILES string of the molecule is CC.CC.CS(=O)(=O)c1ccc(C2=C(c3ccc(F)c(Cl)c3)CC3(CC3)C2)cc1. The van der Waals surface area contributed by atoms with Gasteiger partial charge < -0.3 is 0 Å². The van der Waals surface area contributed by atoms with Crippen LogP contribution >= 0.6 is 11.6 Å². The minimum absolute atomic E-state index is 0.133. The van der Waals surface area contributed by atoms with Crippen molar-refractivity contribution in [2.45, 2.75) is 58.3 Å². The van der Waals surface area contributed by atoms with E-state index >= 15 is 0 Å². The van der Waals surface area contributed by atoms with Gasteiger partial charge in [0.25, 0.3) is 0 Å². The first-order valence-corrected chi connectivity index (χ1v) is 12.5. The molecule has 2 nitrogen and oxygen atoms in total. The van der Waals surface area contributed by atoms with Crippen molar-refractivity contribution < 1.29 is 12.8 Å². The van der Waals surface area contributed by atoms with Gasteiger partial charge >= 0.3 is 0 Å². The van der Waals surface area contributed by atoms with E-state index in [2.05, 4.69) is 0 Å². The second kappa shape index (κ2) is 9.44. The predicted octanol–water partition coefficient (Wildman–Crippen LogP) is 7.42. The van der Waals surface area contributed by atoms with Crippen molar-refractivity contribution in [2.75, 3.05) is 6.26 Å². The van der Waals surface area contributed by atoms with Gasteiger partial charge in [-0.2, -0.15) is 0 Å². The van der Waals surface area contributed by atoms with Crippen LogP contribution < -0.4 is 0 Å². The number of halogens is 2. The summed E-state index contributed by atoms with van der Waals surface area (Å²) >= 11 is 5.98. The van der Waals surface area contributed by atoms with Gasteiger partial charge in [0.15, 0.2) is 9.84 Å². The van der Waals surface area contributed by atoms with Gasteiger partial charge in [0.1, 0.15) is 5.82 Å². The van der Waals surface area contributed by atoms with Gasteiger partial charge in [-0.25, -0.2) is 12.8 Å². The van der Waals surface area contributed by atoms with E-state index < -0.39 is 15.7 Å². The average Bonchev–Trinajstić information content (AvgIpc) is 3.37. The zero-order valence-electron chi connectivity index (χ0n) is 17.9. The second-order valence-electron chi connectivity index (χ2n) is 7.24. The van der Waals surface area contributed by atoms with Crippen molar-refractivity contribution >= 4 is 32.6 Å². The normalized spacial score (nSPS) is 16.7. The Hall–Kier alpha value is -1.65. The maximum atomic E-state index is 13.5. The Kier molecular flexibility index (Phi) is 7.69. The number of benzene rings is 2. The molecule has 2 aromatic carbocycles. The molecule has 0 aliphatic heterocycles. The second-order valence-corrected chi connectivity index (χ2v) is 9.66. The van der Waals surface area contributed by atoms with E-state index in [-0.39, 0.29) is 5.02 Å². The molecule has 4 rings (SSSR count). The standard InChI is InChI=1S/C20H18ClFO2S.2C2H6/c1-25(23,24)15-5-2-13(3-6-15)16-11-20(8-9-20)12-17(16)14-4-7-19(22)18(21)10-14;2*1-2/h2-7,10H,8-9,11-12H2,1H3;2*1-2H3. The van der Waals surface area contributed by atoms with Gasteiger partial charge in [-0.1, -0.05) is 57.5 Å². The number of hydrogen-bond acceptors (Lipinski definition) is 2. The topological polar surface area (TPSA) is 34.1 Å². The summed E-state index contributed by atoms with van der Waals surface area (Å²) in [6, 6.07) is 11.9. The molecule has 0 heterocycles. The van der Waals surface area contributed by atoms with Crippen molar-refractivity contribution in [1.82, 2.24) is 0 Å². The maximum Gasteiger partial charge on any atom is 0.175 e. The molecule has 0 amide bonds. The zero-order valence-corrected chi connectivity index (χ0v) is 19.4. The summed E-state index contributed by atoms with van der Waals surface area (Å²) < 4.78 is 36.9. The Labute approximate surface area is 179 Å². The molecule has 29 heavy (non-hydrogen) atoms. The average molecular weight is 437 g/mol. The summed E-state index contributed by atoms with van der Waals surface area (Å²) in [6.07, 6.45) is 5.57. The highest BCUT2D eigenvalue weighted by Gasteiger charge is 2.48. The van der Waals surface area contributed by atoms with Crippen LogP contribution in [0.4, 0.5) is 4.39 Å². The van der Waals surface area contributed by atoms with E-state index in [1.54, 1.807) is 24.3 Å². The predicted molar refractivity (Wildman–Crippen MR) is 121 cm³/mol. The van der Waals surface area contributed by atoms with E-state index in [1.165, 1.54) is 36.3 Å². The molecule has 2 aliphatic rings. The van der Waals surface area contributed by atoms with Crippen LogP contribution in [0.2, 0.25) is 5.02 Å². The Balaban J connectivity index is 0.000000707.